The summed E-state index contributed by atoms with van der Waals surface area (Å²) in [7, 11) is 1.38. The maximum Gasteiger partial charge on any atom is 0.306 e. The van der Waals surface area contributed by atoms with Crippen molar-refractivity contribution in [1.29, 1.82) is 0 Å². The van der Waals surface area contributed by atoms with Crippen molar-refractivity contribution < 1.29 is 14.3 Å². The number of hydrogen-bond donors (Lipinski definition) is 0. The summed E-state index contributed by atoms with van der Waals surface area (Å²) in [5, 5.41) is 0. The van der Waals surface area contributed by atoms with Crippen molar-refractivity contribution in [3.8, 4) is 0 Å². The molecule has 0 aliphatic carbocycles. The lowest BCUT2D eigenvalue weighted by Crippen LogP contribution is -2.51. The number of carbonyl (C=O) groups excluding carboxylic acids is 2. The van der Waals surface area contributed by atoms with Crippen molar-refractivity contribution >= 4 is 25.4 Å². The highest BCUT2D eigenvalue weighted by molar-refractivity contribution is 7.59. The number of likely N-dealkylation sites (tertiary alicyclic amines) is 1. The Hall–Kier alpha value is -0.710. The highest BCUT2D eigenvalue weighted by atomic mass is 32.1. The molecule has 5 heteroatoms. The first-order valence-electron chi connectivity index (χ1n) is 8.29. The molecular weight excluding hydrogens is 310 g/mol. The molecule has 1 unspecified atom stereocenters. The molecule has 136 valence electrons. The van der Waals surface area contributed by atoms with E-state index in [1.165, 1.54) is 7.11 Å². The van der Waals surface area contributed by atoms with Crippen molar-refractivity contribution in [2.75, 3.05) is 13.7 Å². The Kier molecular flexibility index (Phi) is 7.66. The average molecular weight is 346 g/mol. The second-order valence-electron chi connectivity index (χ2n) is 8.67. The Morgan fingerprint density at radius 2 is 1.78 bits per heavy atom. The number of carbonyl (C=O) groups is 2. The predicted octanol–water partition coefficient (Wildman–Crippen LogP) is 3.61. The molecule has 1 heterocycles. The number of rotatable bonds is 4. The minimum Gasteiger partial charge on any atom is -0.469 e. The molecule has 0 saturated carbocycles. The second kappa shape index (κ2) is 7.91. The number of hydrogen-bond acceptors (Lipinski definition) is 3. The first-order chi connectivity index (χ1) is 9.91. The Morgan fingerprint density at radius 1 is 1.26 bits per heavy atom. The van der Waals surface area contributed by atoms with Crippen LogP contribution in [-0.2, 0) is 14.3 Å². The van der Waals surface area contributed by atoms with Gasteiger partial charge in [-0.25, -0.2) is 0 Å². The van der Waals surface area contributed by atoms with Crippen LogP contribution in [0, 0.1) is 22.7 Å². The third kappa shape index (κ3) is 5.13. The number of methoxy groups -OCH3 is 1. The van der Waals surface area contributed by atoms with Gasteiger partial charge in [0.1, 0.15) is 0 Å². The van der Waals surface area contributed by atoms with Crippen LogP contribution in [0.2, 0.25) is 0 Å². The molecule has 1 saturated heterocycles. The van der Waals surface area contributed by atoms with Crippen molar-refractivity contribution in [1.82, 2.24) is 4.90 Å². The summed E-state index contributed by atoms with van der Waals surface area (Å²) in [6.07, 6.45) is 1.17. The zero-order chi connectivity index (χ0) is 17.3. The van der Waals surface area contributed by atoms with Gasteiger partial charge in [0.05, 0.1) is 19.4 Å². The SMILES string of the molecule is COC(=O)C[C@H](C(=O)N1CCC(C)(C)C1C(C)(C)C)C(C)C.S. The van der Waals surface area contributed by atoms with Crippen LogP contribution >= 0.6 is 13.5 Å². The van der Waals surface area contributed by atoms with E-state index in [-0.39, 0.29) is 60.5 Å². The van der Waals surface area contributed by atoms with Gasteiger partial charge < -0.3 is 9.64 Å². The van der Waals surface area contributed by atoms with E-state index in [2.05, 4.69) is 34.6 Å². The molecule has 0 N–H and O–H groups in total. The minimum atomic E-state index is -0.308. The topological polar surface area (TPSA) is 46.6 Å². The van der Waals surface area contributed by atoms with Gasteiger partial charge in [-0.2, -0.15) is 13.5 Å². The van der Waals surface area contributed by atoms with Gasteiger partial charge in [0.25, 0.3) is 0 Å². The molecule has 1 amide bonds. The van der Waals surface area contributed by atoms with Crippen LogP contribution < -0.4 is 0 Å². The molecule has 1 fully saturated rings. The van der Waals surface area contributed by atoms with Crippen LogP contribution in [0.15, 0.2) is 0 Å². The third-order valence-corrected chi connectivity index (χ3v) is 4.89. The van der Waals surface area contributed by atoms with E-state index in [0.717, 1.165) is 13.0 Å². The van der Waals surface area contributed by atoms with Crippen LogP contribution in [0.4, 0.5) is 0 Å². The summed E-state index contributed by atoms with van der Waals surface area (Å²) in [5.41, 5.74) is 0.114. The maximum absolute atomic E-state index is 13.1. The van der Waals surface area contributed by atoms with E-state index in [4.69, 9.17) is 4.74 Å². The van der Waals surface area contributed by atoms with Gasteiger partial charge in [0, 0.05) is 12.6 Å². The highest BCUT2D eigenvalue weighted by Gasteiger charge is 2.49. The first kappa shape index (κ1) is 22.3. The van der Waals surface area contributed by atoms with E-state index < -0.39 is 0 Å². The van der Waals surface area contributed by atoms with Gasteiger partial charge in [-0.1, -0.05) is 48.5 Å². The van der Waals surface area contributed by atoms with Crippen molar-refractivity contribution in [2.45, 2.75) is 67.3 Å². The lowest BCUT2D eigenvalue weighted by atomic mass is 9.71. The van der Waals surface area contributed by atoms with E-state index in [9.17, 15) is 9.59 Å². The quantitative estimate of drug-likeness (QED) is 0.731. The maximum atomic E-state index is 13.1. The summed E-state index contributed by atoms with van der Waals surface area (Å²) in [6.45, 7) is 15.8. The summed E-state index contributed by atoms with van der Waals surface area (Å²) in [6, 6.07) is 0.186. The molecule has 0 aromatic rings. The number of ether oxygens (including phenoxy) is 1. The van der Waals surface area contributed by atoms with E-state index >= 15 is 0 Å². The molecule has 0 radical (unpaired) electrons. The van der Waals surface area contributed by atoms with Crippen molar-refractivity contribution in [3.05, 3.63) is 0 Å². The van der Waals surface area contributed by atoms with Crippen molar-refractivity contribution in [2.24, 2.45) is 22.7 Å². The largest absolute Gasteiger partial charge is 0.469 e. The predicted molar refractivity (Wildman–Crippen MR) is 98.7 cm³/mol. The lowest BCUT2D eigenvalue weighted by molar-refractivity contribution is -0.150. The van der Waals surface area contributed by atoms with Gasteiger partial charge in [-0.3, -0.25) is 9.59 Å². The molecule has 2 atom stereocenters. The fourth-order valence-corrected chi connectivity index (χ4v) is 4.06. The normalized spacial score (nSPS) is 21.8. The van der Waals surface area contributed by atoms with Gasteiger partial charge in [-0.15, -0.1) is 0 Å². The zero-order valence-electron chi connectivity index (χ0n) is 16.0. The van der Waals surface area contributed by atoms with Gasteiger partial charge >= 0.3 is 5.97 Å². The molecule has 1 rings (SSSR count). The second-order valence-corrected chi connectivity index (χ2v) is 8.67. The standard InChI is InChI=1S/C18H33NO3.H2S/c1-12(2)13(11-14(20)22-8)15(21)19-10-9-18(6,7)16(19)17(3,4)5;/h12-13,16H,9-11H2,1-8H3;1H2/t13-,16?;/m0./s1. The van der Waals surface area contributed by atoms with Gasteiger partial charge in [0.15, 0.2) is 0 Å². The fraction of sp³-hybridized carbons (Fsp3) is 0.889. The molecular formula is C18H35NO3S. The number of nitrogens with zero attached hydrogens (tertiary/aromatic N) is 1. The molecule has 1 aliphatic heterocycles. The Balaban J connectivity index is 0.00000484. The Bertz CT molecular complexity index is 426. The third-order valence-electron chi connectivity index (χ3n) is 4.89. The fourth-order valence-electron chi connectivity index (χ4n) is 4.06. The molecule has 4 nitrogen and oxygen atoms in total. The Morgan fingerprint density at radius 3 is 2.17 bits per heavy atom. The summed E-state index contributed by atoms with van der Waals surface area (Å²) >= 11 is 0. The van der Waals surface area contributed by atoms with Gasteiger partial charge in [0.2, 0.25) is 5.91 Å². The summed E-state index contributed by atoms with van der Waals surface area (Å²) in [5.74, 6) is -0.383. The van der Waals surface area contributed by atoms with Crippen LogP contribution in [0.25, 0.3) is 0 Å². The van der Waals surface area contributed by atoms with E-state index in [0.29, 0.717) is 0 Å². The summed E-state index contributed by atoms with van der Waals surface area (Å²) in [4.78, 5) is 26.8. The van der Waals surface area contributed by atoms with Gasteiger partial charge in [-0.05, 0) is 23.2 Å². The monoisotopic (exact) mass is 345 g/mol. The van der Waals surface area contributed by atoms with Crippen LogP contribution in [-0.4, -0.2) is 36.5 Å². The van der Waals surface area contributed by atoms with E-state index in [1.54, 1.807) is 0 Å². The molecule has 1 aliphatic rings. The van der Waals surface area contributed by atoms with Crippen LogP contribution in [0.3, 0.4) is 0 Å². The molecule has 0 aromatic heterocycles. The Labute approximate surface area is 148 Å². The molecule has 23 heavy (non-hydrogen) atoms. The lowest BCUT2D eigenvalue weighted by Gasteiger charge is -2.43. The minimum absolute atomic E-state index is 0. The van der Waals surface area contributed by atoms with E-state index in [1.807, 2.05) is 18.7 Å². The number of esters is 1. The highest BCUT2D eigenvalue weighted by Crippen LogP contribution is 2.46. The molecule has 0 spiro atoms. The first-order valence-corrected chi connectivity index (χ1v) is 8.29. The van der Waals surface area contributed by atoms with Crippen molar-refractivity contribution in [3.63, 3.8) is 0 Å². The van der Waals surface area contributed by atoms with Crippen LogP contribution in [0.5, 0.6) is 0 Å². The summed E-state index contributed by atoms with van der Waals surface area (Å²) < 4.78 is 4.77. The zero-order valence-corrected chi connectivity index (χ0v) is 17.0. The average Bonchev–Trinajstić information content (AvgIpc) is 2.69. The molecule has 0 bridgehead atoms. The molecule has 0 aromatic carbocycles. The van der Waals surface area contributed by atoms with Crippen LogP contribution in [0.1, 0.15) is 61.3 Å². The number of amides is 1. The smallest absolute Gasteiger partial charge is 0.306 e.